The van der Waals surface area contributed by atoms with E-state index in [1.807, 2.05) is 0 Å². The van der Waals surface area contributed by atoms with Gasteiger partial charge in [-0.15, -0.1) is 0 Å². The van der Waals surface area contributed by atoms with Crippen molar-refractivity contribution in [3.05, 3.63) is 77.5 Å². The van der Waals surface area contributed by atoms with Crippen molar-refractivity contribution < 1.29 is 32.9 Å². The molecule has 0 saturated heterocycles. The molecule has 2 aromatic carbocycles. The van der Waals surface area contributed by atoms with Gasteiger partial charge in [0.2, 0.25) is 0 Å². The summed E-state index contributed by atoms with van der Waals surface area (Å²) in [5, 5.41) is 19.1. The van der Waals surface area contributed by atoms with Crippen LogP contribution in [0.15, 0.2) is 60.7 Å². The van der Waals surface area contributed by atoms with Gasteiger partial charge in [0.15, 0.2) is 0 Å². The van der Waals surface area contributed by atoms with E-state index in [0.29, 0.717) is 11.3 Å². The molecule has 0 aliphatic carbocycles. The Bertz CT molecular complexity index is 1050. The standard InChI is InChI=1S/C21H17F3N2O4/c22-21(23,24)13-6-9-19(15(10-13)18(28)11-27)30-14-7-4-12(5-8-14)16-2-1-3-17(26-16)20(25)29/h1-10,18,27-28H,11H2,(H2,25,29). The molecule has 1 amide bonds. The van der Waals surface area contributed by atoms with Crippen LogP contribution in [0.3, 0.4) is 0 Å². The zero-order valence-electron chi connectivity index (χ0n) is 15.4. The van der Waals surface area contributed by atoms with E-state index >= 15 is 0 Å². The minimum absolute atomic E-state index is 0.0221. The van der Waals surface area contributed by atoms with Crippen LogP contribution in [0.1, 0.15) is 27.7 Å². The Morgan fingerprint density at radius 1 is 1.10 bits per heavy atom. The molecule has 3 rings (SSSR count). The van der Waals surface area contributed by atoms with Crippen LogP contribution in [0.25, 0.3) is 11.3 Å². The Morgan fingerprint density at radius 2 is 1.80 bits per heavy atom. The zero-order valence-corrected chi connectivity index (χ0v) is 15.4. The summed E-state index contributed by atoms with van der Waals surface area (Å²) >= 11 is 0. The molecule has 4 N–H and O–H groups in total. The first kappa shape index (κ1) is 21.3. The van der Waals surface area contributed by atoms with Crippen molar-refractivity contribution in [1.29, 1.82) is 0 Å². The highest BCUT2D eigenvalue weighted by atomic mass is 19.4. The van der Waals surface area contributed by atoms with E-state index in [-0.39, 0.29) is 22.8 Å². The quantitative estimate of drug-likeness (QED) is 0.566. The van der Waals surface area contributed by atoms with Gasteiger partial charge in [-0.3, -0.25) is 4.79 Å². The highest BCUT2D eigenvalue weighted by Gasteiger charge is 2.32. The summed E-state index contributed by atoms with van der Waals surface area (Å²) in [6.07, 6.45) is -6.14. The number of aromatic nitrogens is 1. The Labute approximate surface area is 169 Å². The molecule has 1 aromatic heterocycles. The van der Waals surface area contributed by atoms with Crippen LogP contribution in [0.2, 0.25) is 0 Å². The maximum Gasteiger partial charge on any atom is 0.416 e. The zero-order chi connectivity index (χ0) is 21.9. The van der Waals surface area contributed by atoms with Crippen molar-refractivity contribution in [2.75, 3.05) is 6.61 Å². The summed E-state index contributed by atoms with van der Waals surface area (Å²) in [4.78, 5) is 15.4. The van der Waals surface area contributed by atoms with E-state index < -0.39 is 30.4 Å². The summed E-state index contributed by atoms with van der Waals surface area (Å²) in [5.41, 5.74) is 5.35. The first-order valence-corrected chi connectivity index (χ1v) is 8.74. The van der Waals surface area contributed by atoms with Crippen molar-refractivity contribution in [2.45, 2.75) is 12.3 Å². The lowest BCUT2D eigenvalue weighted by Crippen LogP contribution is -2.12. The van der Waals surface area contributed by atoms with E-state index in [4.69, 9.17) is 15.6 Å². The second-order valence-electron chi connectivity index (χ2n) is 6.35. The van der Waals surface area contributed by atoms with Crippen molar-refractivity contribution in [2.24, 2.45) is 5.73 Å². The molecule has 1 unspecified atom stereocenters. The van der Waals surface area contributed by atoms with Gasteiger partial charge in [0.1, 0.15) is 23.3 Å². The maximum absolute atomic E-state index is 13.0. The average molecular weight is 418 g/mol. The minimum atomic E-state index is -4.60. The molecule has 0 aliphatic heterocycles. The van der Waals surface area contributed by atoms with Crippen molar-refractivity contribution in [3.63, 3.8) is 0 Å². The van der Waals surface area contributed by atoms with Crippen LogP contribution in [-0.2, 0) is 6.18 Å². The molecule has 0 spiro atoms. The van der Waals surface area contributed by atoms with Crippen LogP contribution in [0.5, 0.6) is 11.5 Å². The molecule has 156 valence electrons. The second kappa shape index (κ2) is 8.52. The van der Waals surface area contributed by atoms with Crippen LogP contribution in [-0.4, -0.2) is 27.7 Å². The summed E-state index contributed by atoms with van der Waals surface area (Å²) in [5.74, 6) is -0.392. The third-order valence-corrected chi connectivity index (χ3v) is 4.25. The molecule has 1 heterocycles. The average Bonchev–Trinajstić information content (AvgIpc) is 2.73. The monoisotopic (exact) mass is 418 g/mol. The molecule has 3 aromatic rings. The highest BCUT2D eigenvalue weighted by Crippen LogP contribution is 2.36. The number of pyridine rings is 1. The van der Waals surface area contributed by atoms with Gasteiger partial charge in [0.05, 0.1) is 17.9 Å². The number of hydrogen-bond donors (Lipinski definition) is 3. The molecule has 0 bridgehead atoms. The molecule has 0 radical (unpaired) electrons. The Balaban J connectivity index is 1.88. The molecule has 0 saturated carbocycles. The van der Waals surface area contributed by atoms with Crippen LogP contribution < -0.4 is 10.5 Å². The molecule has 0 aliphatic rings. The molecular formula is C21H17F3N2O4. The Hall–Kier alpha value is -3.43. The van der Waals surface area contributed by atoms with Gasteiger partial charge in [-0.05, 0) is 54.6 Å². The number of nitrogens with zero attached hydrogens (tertiary/aromatic N) is 1. The van der Waals surface area contributed by atoms with E-state index in [1.54, 1.807) is 36.4 Å². The lowest BCUT2D eigenvalue weighted by atomic mass is 10.0. The lowest BCUT2D eigenvalue weighted by molar-refractivity contribution is -0.137. The molecule has 9 heteroatoms. The van der Waals surface area contributed by atoms with E-state index in [1.165, 1.54) is 6.07 Å². The lowest BCUT2D eigenvalue weighted by Gasteiger charge is -2.17. The van der Waals surface area contributed by atoms with E-state index in [2.05, 4.69) is 4.98 Å². The van der Waals surface area contributed by atoms with Crippen LogP contribution in [0, 0.1) is 0 Å². The first-order chi connectivity index (χ1) is 14.2. The number of hydrogen-bond acceptors (Lipinski definition) is 5. The fraction of sp³-hybridized carbons (Fsp3) is 0.143. The van der Waals surface area contributed by atoms with Gasteiger partial charge in [-0.25, -0.2) is 4.98 Å². The SMILES string of the molecule is NC(=O)c1cccc(-c2ccc(Oc3ccc(C(F)(F)F)cc3C(O)CO)cc2)n1. The first-order valence-electron chi connectivity index (χ1n) is 8.74. The summed E-state index contributed by atoms with van der Waals surface area (Å²) in [7, 11) is 0. The fourth-order valence-corrected chi connectivity index (χ4v) is 2.73. The van der Waals surface area contributed by atoms with Gasteiger partial charge in [-0.2, -0.15) is 13.2 Å². The van der Waals surface area contributed by atoms with Crippen LogP contribution >= 0.6 is 0 Å². The summed E-state index contributed by atoms with van der Waals surface area (Å²) < 4.78 is 44.5. The number of alkyl halides is 3. The number of benzene rings is 2. The number of carbonyl (C=O) groups excluding carboxylic acids is 1. The topological polar surface area (TPSA) is 106 Å². The summed E-state index contributed by atoms with van der Waals surface area (Å²) in [6.45, 7) is -0.765. The second-order valence-corrected chi connectivity index (χ2v) is 6.35. The van der Waals surface area contributed by atoms with Gasteiger partial charge in [0, 0.05) is 11.1 Å². The van der Waals surface area contributed by atoms with Gasteiger partial charge in [0.25, 0.3) is 5.91 Å². The smallest absolute Gasteiger partial charge is 0.416 e. The molecule has 0 fully saturated rings. The molecular weight excluding hydrogens is 401 g/mol. The number of carbonyl (C=O) groups is 1. The van der Waals surface area contributed by atoms with E-state index in [9.17, 15) is 23.1 Å². The van der Waals surface area contributed by atoms with Gasteiger partial charge in [-0.1, -0.05) is 6.07 Å². The summed E-state index contributed by atoms with van der Waals surface area (Å²) in [6, 6.07) is 13.9. The number of primary amides is 1. The van der Waals surface area contributed by atoms with Gasteiger partial charge >= 0.3 is 6.18 Å². The van der Waals surface area contributed by atoms with Crippen LogP contribution in [0.4, 0.5) is 13.2 Å². The molecule has 6 nitrogen and oxygen atoms in total. The number of aliphatic hydroxyl groups is 2. The Morgan fingerprint density at radius 3 is 2.40 bits per heavy atom. The number of halogens is 3. The van der Waals surface area contributed by atoms with Crippen molar-refractivity contribution in [3.8, 4) is 22.8 Å². The third kappa shape index (κ3) is 4.76. The Kier molecular flexibility index (Phi) is 6.04. The third-order valence-electron chi connectivity index (χ3n) is 4.25. The number of nitrogens with two attached hydrogens (primary N) is 1. The molecule has 1 atom stereocenters. The number of amides is 1. The normalized spacial score (nSPS) is 12.4. The number of ether oxygens (including phenoxy) is 1. The number of rotatable bonds is 6. The van der Waals surface area contributed by atoms with E-state index in [0.717, 1.165) is 18.2 Å². The maximum atomic E-state index is 13.0. The predicted molar refractivity (Wildman–Crippen MR) is 102 cm³/mol. The minimum Gasteiger partial charge on any atom is -0.457 e. The highest BCUT2D eigenvalue weighted by molar-refractivity contribution is 5.91. The predicted octanol–water partition coefficient (Wildman–Crippen LogP) is 3.68. The van der Waals surface area contributed by atoms with Gasteiger partial charge < -0.3 is 20.7 Å². The fourth-order valence-electron chi connectivity index (χ4n) is 2.73. The number of aliphatic hydroxyl groups excluding tert-OH is 2. The van der Waals surface area contributed by atoms with Crippen molar-refractivity contribution >= 4 is 5.91 Å². The van der Waals surface area contributed by atoms with Crippen molar-refractivity contribution in [1.82, 2.24) is 4.98 Å². The molecule has 30 heavy (non-hydrogen) atoms. The largest absolute Gasteiger partial charge is 0.457 e.